The molecule has 4 heteroatoms. The van der Waals surface area contributed by atoms with Crippen molar-refractivity contribution in [1.82, 2.24) is 9.78 Å². The van der Waals surface area contributed by atoms with E-state index in [0.717, 1.165) is 17.5 Å². The van der Waals surface area contributed by atoms with Crippen LogP contribution in [0.1, 0.15) is 21.6 Å². The highest BCUT2D eigenvalue weighted by Crippen LogP contribution is 2.12. The summed E-state index contributed by atoms with van der Waals surface area (Å²) >= 11 is 5.89. The van der Waals surface area contributed by atoms with E-state index in [1.807, 2.05) is 31.2 Å². The number of nitrogens with zero attached hydrogens (tertiary/aromatic N) is 2. The highest BCUT2D eigenvalue weighted by atomic mass is 35.5. The number of halogens is 1. The largest absolute Gasteiger partial charge is 0.298 e. The van der Waals surface area contributed by atoms with E-state index >= 15 is 0 Å². The molecule has 0 aliphatic heterocycles. The summed E-state index contributed by atoms with van der Waals surface area (Å²) < 4.78 is 1.74. The van der Waals surface area contributed by atoms with Crippen molar-refractivity contribution >= 4 is 17.9 Å². The molecular weight excluding hydrogens is 224 g/mol. The number of aldehydes is 1. The zero-order valence-electron chi connectivity index (χ0n) is 8.85. The number of aryl methyl sites for hydroxylation is 1. The second-order valence-electron chi connectivity index (χ2n) is 3.62. The lowest BCUT2D eigenvalue weighted by molar-refractivity contribution is 0.112. The van der Waals surface area contributed by atoms with Gasteiger partial charge in [-0.15, -0.1) is 0 Å². The molecule has 1 aromatic heterocycles. The van der Waals surface area contributed by atoms with Crippen LogP contribution in [0.4, 0.5) is 0 Å². The van der Waals surface area contributed by atoms with Gasteiger partial charge in [-0.3, -0.25) is 9.48 Å². The Morgan fingerprint density at radius 2 is 2.31 bits per heavy atom. The minimum atomic E-state index is 0.620. The van der Waals surface area contributed by atoms with Crippen LogP contribution in [-0.2, 0) is 6.54 Å². The normalized spacial score (nSPS) is 10.4. The van der Waals surface area contributed by atoms with Crippen molar-refractivity contribution in [3.63, 3.8) is 0 Å². The first-order valence-corrected chi connectivity index (χ1v) is 5.30. The van der Waals surface area contributed by atoms with Crippen molar-refractivity contribution in [2.24, 2.45) is 0 Å². The van der Waals surface area contributed by atoms with Gasteiger partial charge in [0.2, 0.25) is 0 Å². The minimum Gasteiger partial charge on any atom is -0.298 e. The average Bonchev–Trinajstić information content (AvgIpc) is 2.58. The fourth-order valence-corrected chi connectivity index (χ4v) is 1.77. The summed E-state index contributed by atoms with van der Waals surface area (Å²) in [7, 11) is 0. The van der Waals surface area contributed by atoms with Crippen molar-refractivity contribution in [3.05, 3.63) is 52.3 Å². The summed E-state index contributed by atoms with van der Waals surface area (Å²) in [5.74, 6) is 0. The lowest BCUT2D eigenvalue weighted by atomic mass is 10.2. The van der Waals surface area contributed by atoms with E-state index in [1.54, 1.807) is 10.9 Å². The smallest absolute Gasteiger partial charge is 0.153 e. The molecule has 0 atom stereocenters. The predicted octanol–water partition coefficient (Wildman–Crippen LogP) is 2.71. The van der Waals surface area contributed by atoms with Crippen LogP contribution in [0.2, 0.25) is 5.02 Å². The first-order valence-electron chi connectivity index (χ1n) is 4.92. The molecular formula is C12H11ClN2O. The molecule has 16 heavy (non-hydrogen) atoms. The van der Waals surface area contributed by atoms with Gasteiger partial charge in [0.1, 0.15) is 0 Å². The molecule has 0 N–H and O–H groups in total. The van der Waals surface area contributed by atoms with E-state index in [0.29, 0.717) is 17.1 Å². The van der Waals surface area contributed by atoms with Crippen molar-refractivity contribution < 1.29 is 4.79 Å². The lowest BCUT2D eigenvalue weighted by Crippen LogP contribution is -2.00. The van der Waals surface area contributed by atoms with E-state index in [-0.39, 0.29) is 0 Å². The summed E-state index contributed by atoms with van der Waals surface area (Å²) in [5.41, 5.74) is 2.44. The molecule has 0 bridgehead atoms. The molecule has 0 spiro atoms. The number of hydrogen-bond acceptors (Lipinski definition) is 2. The van der Waals surface area contributed by atoms with E-state index in [1.165, 1.54) is 0 Å². The van der Waals surface area contributed by atoms with Crippen LogP contribution in [0.3, 0.4) is 0 Å². The zero-order valence-corrected chi connectivity index (χ0v) is 9.61. The number of hydrogen-bond donors (Lipinski definition) is 0. The van der Waals surface area contributed by atoms with Gasteiger partial charge in [0, 0.05) is 11.2 Å². The van der Waals surface area contributed by atoms with Gasteiger partial charge >= 0.3 is 0 Å². The Hall–Kier alpha value is -1.61. The van der Waals surface area contributed by atoms with Crippen molar-refractivity contribution in [2.75, 3.05) is 0 Å². The minimum absolute atomic E-state index is 0.620. The standard InChI is InChI=1S/C12H11ClN2O/c1-9-11(8-16)7-15(14-9)6-10-3-2-4-12(13)5-10/h2-5,7-8H,6H2,1H3. The topological polar surface area (TPSA) is 34.9 Å². The van der Waals surface area contributed by atoms with E-state index in [9.17, 15) is 4.79 Å². The Morgan fingerprint density at radius 3 is 2.94 bits per heavy atom. The van der Waals surface area contributed by atoms with E-state index in [4.69, 9.17) is 11.6 Å². The maximum Gasteiger partial charge on any atom is 0.153 e. The fourth-order valence-electron chi connectivity index (χ4n) is 1.55. The summed E-state index contributed by atoms with van der Waals surface area (Å²) in [6, 6.07) is 7.59. The van der Waals surface area contributed by atoms with Crippen LogP contribution in [0.25, 0.3) is 0 Å². The highest BCUT2D eigenvalue weighted by Gasteiger charge is 2.04. The molecule has 0 fully saturated rings. The number of benzene rings is 1. The van der Waals surface area contributed by atoms with Crippen molar-refractivity contribution in [2.45, 2.75) is 13.5 Å². The molecule has 3 nitrogen and oxygen atoms in total. The molecule has 2 aromatic rings. The number of rotatable bonds is 3. The third-order valence-electron chi connectivity index (χ3n) is 2.34. The SMILES string of the molecule is Cc1nn(Cc2cccc(Cl)c2)cc1C=O. The molecule has 0 aliphatic carbocycles. The molecule has 1 heterocycles. The van der Waals surface area contributed by atoms with E-state index in [2.05, 4.69) is 5.10 Å². The van der Waals surface area contributed by atoms with Gasteiger partial charge in [-0.2, -0.15) is 5.10 Å². The first kappa shape index (κ1) is 10.9. The number of carbonyl (C=O) groups is 1. The van der Waals surface area contributed by atoms with Gasteiger partial charge < -0.3 is 0 Å². The van der Waals surface area contributed by atoms with Gasteiger partial charge in [0.25, 0.3) is 0 Å². The highest BCUT2D eigenvalue weighted by molar-refractivity contribution is 6.30. The quantitative estimate of drug-likeness (QED) is 0.766. The summed E-state index contributed by atoms with van der Waals surface area (Å²) in [4.78, 5) is 10.7. The molecule has 0 saturated heterocycles. The first-order chi connectivity index (χ1) is 7.69. The lowest BCUT2D eigenvalue weighted by Gasteiger charge is -2.01. The zero-order chi connectivity index (χ0) is 11.5. The summed E-state index contributed by atoms with van der Waals surface area (Å²) in [5, 5.41) is 4.95. The van der Waals surface area contributed by atoms with Gasteiger partial charge in [-0.25, -0.2) is 0 Å². The summed E-state index contributed by atoms with van der Waals surface area (Å²) in [6.07, 6.45) is 2.56. The van der Waals surface area contributed by atoms with Crippen LogP contribution in [-0.4, -0.2) is 16.1 Å². The Kier molecular flexibility index (Phi) is 3.06. The molecule has 82 valence electrons. The predicted molar refractivity (Wildman–Crippen MR) is 62.9 cm³/mol. The van der Waals surface area contributed by atoms with Gasteiger partial charge in [0.05, 0.1) is 17.8 Å². The molecule has 0 unspecified atom stereocenters. The second kappa shape index (κ2) is 4.49. The molecule has 1 aromatic carbocycles. The van der Waals surface area contributed by atoms with Crippen LogP contribution in [0, 0.1) is 6.92 Å². The maximum atomic E-state index is 10.7. The third kappa shape index (κ3) is 2.31. The fraction of sp³-hybridized carbons (Fsp3) is 0.167. The Morgan fingerprint density at radius 1 is 1.50 bits per heavy atom. The van der Waals surface area contributed by atoms with Crippen LogP contribution in [0.5, 0.6) is 0 Å². The third-order valence-corrected chi connectivity index (χ3v) is 2.58. The summed E-state index contributed by atoms with van der Waals surface area (Å²) in [6.45, 7) is 2.44. The van der Waals surface area contributed by atoms with Crippen molar-refractivity contribution in [3.8, 4) is 0 Å². The monoisotopic (exact) mass is 234 g/mol. The number of carbonyl (C=O) groups excluding carboxylic acids is 1. The Labute approximate surface area is 98.7 Å². The van der Waals surface area contributed by atoms with Crippen molar-refractivity contribution in [1.29, 1.82) is 0 Å². The molecule has 0 aliphatic rings. The van der Waals surface area contributed by atoms with Gasteiger partial charge in [-0.05, 0) is 24.6 Å². The van der Waals surface area contributed by atoms with Crippen LogP contribution < -0.4 is 0 Å². The van der Waals surface area contributed by atoms with E-state index < -0.39 is 0 Å². The van der Waals surface area contributed by atoms with Crippen LogP contribution >= 0.6 is 11.6 Å². The molecule has 0 amide bonds. The maximum absolute atomic E-state index is 10.7. The Balaban J connectivity index is 2.23. The molecule has 0 saturated carbocycles. The van der Waals surface area contributed by atoms with Crippen LogP contribution in [0.15, 0.2) is 30.5 Å². The number of aromatic nitrogens is 2. The van der Waals surface area contributed by atoms with Gasteiger partial charge in [0.15, 0.2) is 6.29 Å². The van der Waals surface area contributed by atoms with Gasteiger partial charge in [-0.1, -0.05) is 23.7 Å². The molecule has 0 radical (unpaired) electrons. The average molecular weight is 235 g/mol. The molecule has 2 rings (SSSR count). The second-order valence-corrected chi connectivity index (χ2v) is 4.05. The Bertz CT molecular complexity index is 519.